The average molecular weight is 238 g/mol. The molecule has 1 heterocycles. The molecular weight excluding hydrogens is 230 g/mol. The molecule has 1 aromatic carbocycles. The second kappa shape index (κ2) is 4.42. The first-order valence-electron chi connectivity index (χ1n) is 4.23. The fraction of sp³-hybridized carbons (Fsp3) is 0. The molecule has 1 aromatic heterocycles. The molecule has 0 aliphatic rings. The monoisotopic (exact) mass is 237 g/mol. The van der Waals surface area contributed by atoms with Crippen molar-refractivity contribution in [2.45, 2.75) is 0 Å². The number of halogens is 1. The van der Waals surface area contributed by atoms with Crippen LogP contribution >= 0.6 is 22.9 Å². The van der Waals surface area contributed by atoms with Crippen LogP contribution in [0.3, 0.4) is 0 Å². The van der Waals surface area contributed by atoms with Gasteiger partial charge in [0, 0.05) is 22.7 Å². The Bertz CT molecular complexity index is 464. The van der Waals surface area contributed by atoms with E-state index in [4.69, 9.17) is 11.6 Å². The Labute approximate surface area is 96.4 Å². The first-order chi connectivity index (χ1) is 7.29. The number of nitrogens with zero attached hydrogens (tertiary/aromatic N) is 2. The minimum absolute atomic E-state index is 0.722. The molecule has 15 heavy (non-hydrogen) atoms. The van der Waals surface area contributed by atoms with Crippen LogP contribution in [-0.2, 0) is 0 Å². The minimum atomic E-state index is 0.722. The van der Waals surface area contributed by atoms with Crippen molar-refractivity contribution in [1.29, 1.82) is 0 Å². The Morgan fingerprint density at radius 2 is 2.07 bits per heavy atom. The minimum Gasteiger partial charge on any atom is -0.253 e. The van der Waals surface area contributed by atoms with E-state index in [1.807, 2.05) is 29.6 Å². The lowest BCUT2D eigenvalue weighted by Gasteiger charge is -1.95. The van der Waals surface area contributed by atoms with Gasteiger partial charge >= 0.3 is 0 Å². The van der Waals surface area contributed by atoms with Gasteiger partial charge in [-0.2, -0.15) is 5.10 Å². The molecule has 0 fully saturated rings. The molecule has 5 heteroatoms. The van der Waals surface area contributed by atoms with Crippen LogP contribution in [-0.4, -0.2) is 11.7 Å². The smallest absolute Gasteiger partial charge is 0.203 e. The first-order valence-corrected chi connectivity index (χ1v) is 5.48. The zero-order valence-corrected chi connectivity index (χ0v) is 9.35. The third-order valence-corrected chi connectivity index (χ3v) is 2.82. The molecule has 76 valence electrons. The van der Waals surface area contributed by atoms with Crippen molar-refractivity contribution in [3.05, 3.63) is 34.7 Å². The van der Waals surface area contributed by atoms with Crippen molar-refractivity contribution in [3.8, 4) is 11.3 Å². The van der Waals surface area contributed by atoms with Crippen LogP contribution in [0.4, 0.5) is 5.13 Å². The Morgan fingerprint density at radius 3 is 2.73 bits per heavy atom. The highest BCUT2D eigenvalue weighted by Gasteiger charge is 2.03. The summed E-state index contributed by atoms with van der Waals surface area (Å²) in [5.74, 6) is 0. The van der Waals surface area contributed by atoms with Gasteiger partial charge in [-0.1, -0.05) is 23.7 Å². The van der Waals surface area contributed by atoms with Gasteiger partial charge in [-0.3, -0.25) is 5.43 Å². The predicted octanol–water partition coefficient (Wildman–Crippen LogP) is 3.49. The molecule has 0 aliphatic heterocycles. The van der Waals surface area contributed by atoms with E-state index in [9.17, 15) is 0 Å². The van der Waals surface area contributed by atoms with Crippen molar-refractivity contribution >= 4 is 34.8 Å². The van der Waals surface area contributed by atoms with E-state index in [0.717, 1.165) is 21.4 Å². The lowest BCUT2D eigenvalue weighted by molar-refractivity contribution is 1.30. The van der Waals surface area contributed by atoms with Gasteiger partial charge in [0.25, 0.3) is 0 Å². The molecule has 0 aliphatic carbocycles. The summed E-state index contributed by atoms with van der Waals surface area (Å²) in [6, 6.07) is 7.55. The first kappa shape index (κ1) is 10.1. The highest BCUT2D eigenvalue weighted by molar-refractivity contribution is 7.14. The Hall–Kier alpha value is -1.39. The number of hydrogen-bond acceptors (Lipinski definition) is 4. The summed E-state index contributed by atoms with van der Waals surface area (Å²) in [5.41, 5.74) is 4.64. The molecular formula is C10H8ClN3S. The van der Waals surface area contributed by atoms with E-state index in [-0.39, 0.29) is 0 Å². The van der Waals surface area contributed by atoms with Crippen molar-refractivity contribution in [3.63, 3.8) is 0 Å². The van der Waals surface area contributed by atoms with Crippen molar-refractivity contribution in [1.82, 2.24) is 4.98 Å². The van der Waals surface area contributed by atoms with Gasteiger partial charge in [0.1, 0.15) is 0 Å². The molecule has 2 aromatic rings. The average Bonchev–Trinajstić information content (AvgIpc) is 2.68. The van der Waals surface area contributed by atoms with Crippen molar-refractivity contribution in [2.24, 2.45) is 5.10 Å². The van der Waals surface area contributed by atoms with Gasteiger partial charge in [0.05, 0.1) is 5.69 Å². The molecule has 0 unspecified atom stereocenters. The van der Waals surface area contributed by atoms with Crippen LogP contribution < -0.4 is 5.43 Å². The van der Waals surface area contributed by atoms with Crippen molar-refractivity contribution < 1.29 is 0 Å². The third kappa shape index (κ3) is 2.34. The number of anilines is 1. The molecule has 0 spiro atoms. The maximum atomic E-state index is 5.80. The summed E-state index contributed by atoms with van der Waals surface area (Å²) in [5, 5.41) is 6.96. The Kier molecular flexibility index (Phi) is 2.99. The van der Waals surface area contributed by atoms with Crippen LogP contribution in [0.1, 0.15) is 0 Å². The van der Waals surface area contributed by atoms with Gasteiger partial charge in [0.2, 0.25) is 5.13 Å². The van der Waals surface area contributed by atoms with E-state index < -0.39 is 0 Å². The summed E-state index contributed by atoms with van der Waals surface area (Å²) in [6.45, 7) is 3.34. The maximum Gasteiger partial charge on any atom is 0.203 e. The Morgan fingerprint density at radius 1 is 1.33 bits per heavy atom. The summed E-state index contributed by atoms with van der Waals surface area (Å²) in [4.78, 5) is 4.33. The number of hydrogen-bond donors (Lipinski definition) is 1. The highest BCUT2D eigenvalue weighted by atomic mass is 35.5. The van der Waals surface area contributed by atoms with Crippen LogP contribution in [0.25, 0.3) is 11.3 Å². The van der Waals surface area contributed by atoms with Crippen molar-refractivity contribution in [2.75, 3.05) is 5.43 Å². The number of aromatic nitrogens is 1. The highest BCUT2D eigenvalue weighted by Crippen LogP contribution is 2.25. The van der Waals surface area contributed by atoms with E-state index in [2.05, 4.69) is 22.2 Å². The number of benzene rings is 1. The molecule has 3 nitrogen and oxygen atoms in total. The van der Waals surface area contributed by atoms with E-state index in [1.165, 1.54) is 11.3 Å². The molecule has 1 N–H and O–H groups in total. The predicted molar refractivity (Wildman–Crippen MR) is 65.7 cm³/mol. The van der Waals surface area contributed by atoms with Crippen LogP contribution in [0.2, 0.25) is 5.02 Å². The Balaban J connectivity index is 2.28. The largest absolute Gasteiger partial charge is 0.253 e. The standard InChI is InChI=1S/C10H8ClN3S/c1-12-14-10-13-9(6-15-10)7-2-4-8(11)5-3-7/h2-6H,1H2,(H,13,14). The second-order valence-corrected chi connectivity index (χ2v) is 4.11. The number of hydrazone groups is 1. The third-order valence-electron chi connectivity index (χ3n) is 1.82. The topological polar surface area (TPSA) is 37.3 Å². The number of thiazole rings is 1. The van der Waals surface area contributed by atoms with E-state index in [1.54, 1.807) is 0 Å². The quantitative estimate of drug-likeness (QED) is 0.656. The lowest BCUT2D eigenvalue weighted by Crippen LogP contribution is -1.84. The maximum absolute atomic E-state index is 5.80. The second-order valence-electron chi connectivity index (χ2n) is 2.81. The van der Waals surface area contributed by atoms with Gasteiger partial charge < -0.3 is 0 Å². The molecule has 0 amide bonds. The van der Waals surface area contributed by atoms with Gasteiger partial charge in [0.15, 0.2) is 0 Å². The van der Waals surface area contributed by atoms with Gasteiger partial charge in [-0.25, -0.2) is 4.98 Å². The summed E-state index contributed by atoms with van der Waals surface area (Å²) in [7, 11) is 0. The van der Waals surface area contributed by atoms with Gasteiger partial charge in [-0.15, -0.1) is 11.3 Å². The zero-order chi connectivity index (χ0) is 10.7. The lowest BCUT2D eigenvalue weighted by atomic mass is 10.2. The summed E-state index contributed by atoms with van der Waals surface area (Å²) in [6.07, 6.45) is 0. The van der Waals surface area contributed by atoms with Crippen LogP contribution in [0, 0.1) is 0 Å². The molecule has 2 rings (SSSR count). The molecule has 0 radical (unpaired) electrons. The zero-order valence-electron chi connectivity index (χ0n) is 7.77. The fourth-order valence-electron chi connectivity index (χ4n) is 1.15. The normalized spacial score (nSPS) is 9.93. The number of nitrogens with one attached hydrogen (secondary N) is 1. The molecule has 0 bridgehead atoms. The molecule has 0 saturated heterocycles. The summed E-state index contributed by atoms with van der Waals surface area (Å²) < 4.78 is 0. The summed E-state index contributed by atoms with van der Waals surface area (Å²) >= 11 is 7.28. The van der Waals surface area contributed by atoms with Gasteiger partial charge in [-0.05, 0) is 12.1 Å². The number of rotatable bonds is 3. The van der Waals surface area contributed by atoms with E-state index >= 15 is 0 Å². The molecule has 0 saturated carbocycles. The molecule has 0 atom stereocenters. The van der Waals surface area contributed by atoms with Crippen LogP contribution in [0.15, 0.2) is 34.7 Å². The SMILES string of the molecule is C=NNc1nc(-c2ccc(Cl)cc2)cs1. The fourth-order valence-corrected chi connectivity index (χ4v) is 1.95. The van der Waals surface area contributed by atoms with E-state index in [0.29, 0.717) is 0 Å². The van der Waals surface area contributed by atoms with Crippen LogP contribution in [0.5, 0.6) is 0 Å².